The van der Waals surface area contributed by atoms with E-state index >= 15 is 4.39 Å². The highest BCUT2D eigenvalue weighted by Crippen LogP contribution is 2.44. The average molecular weight is 572 g/mol. The number of alkyl halides is 3. The molecule has 3 heterocycles. The Morgan fingerprint density at radius 1 is 1.05 bits per heavy atom. The predicted molar refractivity (Wildman–Crippen MR) is 137 cm³/mol. The lowest BCUT2D eigenvalue weighted by Gasteiger charge is -2.29. The van der Waals surface area contributed by atoms with Gasteiger partial charge in [0.05, 0.1) is 23.1 Å². The third kappa shape index (κ3) is 5.75. The molecule has 1 unspecified atom stereocenters. The largest absolute Gasteiger partial charge is 0.416 e. The highest BCUT2D eigenvalue weighted by molar-refractivity contribution is 6.00. The van der Waals surface area contributed by atoms with Gasteiger partial charge in [-0.05, 0) is 55.8 Å². The first-order chi connectivity index (χ1) is 19.6. The van der Waals surface area contributed by atoms with Crippen molar-refractivity contribution < 1.29 is 26.7 Å². The van der Waals surface area contributed by atoms with Gasteiger partial charge in [0.25, 0.3) is 0 Å². The fraction of sp³-hybridized carbons (Fsp3) is 0.231. The molecule has 2 aromatic carbocycles. The van der Waals surface area contributed by atoms with Gasteiger partial charge in [0.1, 0.15) is 18.0 Å². The Morgan fingerprint density at radius 2 is 1.88 bits per heavy atom. The predicted octanol–water partition coefficient (Wildman–Crippen LogP) is 5.90. The van der Waals surface area contributed by atoms with Crippen LogP contribution < -0.4 is 16.0 Å². The fourth-order valence-corrected chi connectivity index (χ4v) is 4.42. The number of nitrogens with one attached hydrogen (secondary N) is 3. The molecule has 0 bridgehead atoms. The summed E-state index contributed by atoms with van der Waals surface area (Å²) in [6.45, 7) is 2.57. The molecular weight excluding hydrogens is 549 g/mol. The number of aryl methyl sites for hydroxylation is 1. The van der Waals surface area contributed by atoms with Gasteiger partial charge in [-0.3, -0.25) is 5.32 Å². The summed E-state index contributed by atoms with van der Waals surface area (Å²) >= 11 is 0. The number of anilines is 2. The van der Waals surface area contributed by atoms with Crippen LogP contribution in [0, 0.1) is 18.6 Å². The van der Waals surface area contributed by atoms with Gasteiger partial charge in [-0.15, -0.1) is 5.11 Å². The van der Waals surface area contributed by atoms with E-state index in [9.17, 15) is 22.4 Å². The summed E-state index contributed by atoms with van der Waals surface area (Å²) in [5.41, 5.74) is -2.37. The van der Waals surface area contributed by atoms with Crippen molar-refractivity contribution in [3.8, 4) is 0 Å². The Labute approximate surface area is 229 Å². The average Bonchev–Trinajstić information content (AvgIpc) is 3.58. The number of benzene rings is 2. The van der Waals surface area contributed by atoms with Gasteiger partial charge in [-0.25, -0.2) is 28.5 Å². The van der Waals surface area contributed by atoms with Crippen molar-refractivity contribution in [1.29, 1.82) is 0 Å². The van der Waals surface area contributed by atoms with Crippen LogP contribution in [0.5, 0.6) is 0 Å². The Hall–Kier alpha value is -4.79. The zero-order chi connectivity index (χ0) is 29.2. The van der Waals surface area contributed by atoms with Crippen molar-refractivity contribution in [2.75, 3.05) is 17.2 Å². The molecule has 0 aliphatic carbocycles. The summed E-state index contributed by atoms with van der Waals surface area (Å²) < 4.78 is 70.5. The minimum absolute atomic E-state index is 0.0620. The Morgan fingerprint density at radius 3 is 2.63 bits per heavy atom. The van der Waals surface area contributed by atoms with Crippen LogP contribution in [0.15, 0.2) is 71.8 Å². The minimum Gasteiger partial charge on any atom is -0.337 e. The molecule has 0 fully saturated rings. The van der Waals surface area contributed by atoms with E-state index in [-0.39, 0.29) is 22.6 Å². The highest BCUT2D eigenvalue weighted by atomic mass is 19.4. The van der Waals surface area contributed by atoms with E-state index in [4.69, 9.17) is 0 Å². The van der Waals surface area contributed by atoms with Gasteiger partial charge in [-0.1, -0.05) is 0 Å². The summed E-state index contributed by atoms with van der Waals surface area (Å²) in [5.74, 6) is -1.51. The molecule has 4 aromatic rings. The lowest BCUT2D eigenvalue weighted by atomic mass is 9.89. The van der Waals surface area contributed by atoms with Crippen molar-refractivity contribution in [1.82, 2.24) is 24.8 Å². The van der Waals surface area contributed by atoms with Crippen LogP contribution in [-0.4, -0.2) is 32.1 Å². The maximum Gasteiger partial charge on any atom is 0.416 e. The number of rotatable bonds is 8. The molecule has 5 rings (SSSR count). The van der Waals surface area contributed by atoms with Crippen LogP contribution >= 0.6 is 0 Å². The van der Waals surface area contributed by atoms with Gasteiger partial charge in [0.2, 0.25) is 0 Å². The second-order valence-corrected chi connectivity index (χ2v) is 9.15. The molecule has 2 amide bonds. The first kappa shape index (κ1) is 27.8. The maximum atomic E-state index is 15.2. The number of fused-ring (bicyclic) bond motifs is 1. The van der Waals surface area contributed by atoms with Crippen LogP contribution in [0.2, 0.25) is 0 Å². The first-order valence-corrected chi connectivity index (χ1v) is 12.3. The molecule has 2 aromatic heterocycles. The van der Waals surface area contributed by atoms with Gasteiger partial charge < -0.3 is 15.2 Å². The van der Waals surface area contributed by atoms with E-state index in [0.717, 1.165) is 6.07 Å². The molecule has 0 saturated carbocycles. The summed E-state index contributed by atoms with van der Waals surface area (Å²) in [4.78, 5) is 24.9. The number of urea groups is 1. The van der Waals surface area contributed by atoms with Crippen LogP contribution in [-0.2, 0) is 18.4 Å². The third-order valence-corrected chi connectivity index (χ3v) is 6.44. The number of amides is 2. The lowest BCUT2D eigenvalue weighted by molar-refractivity contribution is -0.137. The van der Waals surface area contributed by atoms with Gasteiger partial charge >= 0.3 is 12.2 Å². The molecule has 1 aliphatic rings. The van der Waals surface area contributed by atoms with Gasteiger partial charge in [-0.2, -0.15) is 18.3 Å². The van der Waals surface area contributed by atoms with Crippen LogP contribution in [0.25, 0.3) is 0 Å². The summed E-state index contributed by atoms with van der Waals surface area (Å²) in [5, 5.41) is 16.3. The van der Waals surface area contributed by atoms with Crippen molar-refractivity contribution in [3.63, 3.8) is 0 Å². The number of halogens is 5. The minimum atomic E-state index is -4.74. The highest BCUT2D eigenvalue weighted by Gasteiger charge is 2.43. The summed E-state index contributed by atoms with van der Waals surface area (Å²) in [6, 6.07) is 3.01. The summed E-state index contributed by atoms with van der Waals surface area (Å²) in [7, 11) is 0. The topological polar surface area (TPSA) is 121 Å². The number of aromatic nitrogens is 4. The van der Waals surface area contributed by atoms with Gasteiger partial charge in [0, 0.05) is 36.4 Å². The monoisotopic (exact) mass is 571 g/mol. The number of carbonyl (C=O) groups excluding carboxylic acids is 1. The van der Waals surface area contributed by atoms with Crippen LogP contribution in [0.4, 0.5) is 43.9 Å². The van der Waals surface area contributed by atoms with Crippen molar-refractivity contribution in [2.45, 2.75) is 31.7 Å². The number of nitrogens with zero attached hydrogens (tertiary/aromatic N) is 6. The zero-order valence-electron chi connectivity index (χ0n) is 21.4. The molecule has 10 nitrogen and oxygen atoms in total. The molecule has 1 aliphatic heterocycles. The Balaban J connectivity index is 1.43. The van der Waals surface area contributed by atoms with Crippen molar-refractivity contribution in [2.24, 2.45) is 10.2 Å². The molecule has 41 heavy (non-hydrogen) atoms. The zero-order valence-corrected chi connectivity index (χ0v) is 21.4. The third-order valence-electron chi connectivity index (χ3n) is 6.44. The SMILES string of the molecule is Cc1c(F)cc(NC(=O)Nc2cc(C(F)(F)F)ccc2F)cc1C1(NCCCn2ccnc2)N=Nc2ncncc21. The molecule has 0 saturated heterocycles. The van der Waals surface area contributed by atoms with Gasteiger partial charge in [0.15, 0.2) is 11.5 Å². The second kappa shape index (κ2) is 11.0. The Kier molecular flexibility index (Phi) is 7.45. The molecule has 0 spiro atoms. The Bertz CT molecular complexity index is 1610. The smallest absolute Gasteiger partial charge is 0.337 e. The number of azo groups is 1. The maximum absolute atomic E-state index is 15.2. The van der Waals surface area contributed by atoms with E-state index in [0.29, 0.717) is 43.3 Å². The van der Waals surface area contributed by atoms with Crippen molar-refractivity contribution >= 4 is 23.2 Å². The van der Waals surface area contributed by atoms with E-state index in [1.807, 2.05) is 16.1 Å². The first-order valence-electron chi connectivity index (χ1n) is 12.3. The quantitative estimate of drug-likeness (QED) is 0.180. The molecule has 212 valence electrons. The van der Waals surface area contributed by atoms with Crippen LogP contribution in [0.1, 0.15) is 28.7 Å². The standard InChI is InChI=1S/C26H22F5N9O/c1-15-18(25(19-12-33-13-34-23(19)38-39-25)35-5-2-7-40-8-6-32-14-40)10-17(11-21(15)28)36-24(41)37-22-9-16(26(29,30)31)3-4-20(22)27/h3-4,6,8-14,35H,2,5,7H2,1H3,(H2,36,37,41). The molecule has 3 N–H and O–H groups in total. The van der Waals surface area contributed by atoms with Crippen molar-refractivity contribution in [3.05, 3.63) is 95.5 Å². The van der Waals surface area contributed by atoms with E-state index in [2.05, 4.69) is 35.8 Å². The number of carbonyl (C=O) groups is 1. The molecule has 1 atom stereocenters. The second-order valence-electron chi connectivity index (χ2n) is 9.15. The number of imidazole rings is 1. The van der Waals surface area contributed by atoms with Crippen LogP contribution in [0.3, 0.4) is 0 Å². The number of hydrogen-bond acceptors (Lipinski definition) is 7. The summed E-state index contributed by atoms with van der Waals surface area (Å²) in [6.07, 6.45) is 3.86. The fourth-order valence-electron chi connectivity index (χ4n) is 4.42. The molecule has 15 heteroatoms. The van der Waals surface area contributed by atoms with E-state index in [1.54, 1.807) is 12.5 Å². The van der Waals surface area contributed by atoms with E-state index in [1.165, 1.54) is 25.5 Å². The normalized spacial score (nSPS) is 16.0. The molecular formula is C26H22F5N9O. The lowest BCUT2D eigenvalue weighted by Crippen LogP contribution is -2.42. The number of hydrogen-bond donors (Lipinski definition) is 3. The van der Waals surface area contributed by atoms with E-state index < -0.39 is 40.8 Å². The molecule has 0 radical (unpaired) electrons.